The van der Waals surface area contributed by atoms with E-state index in [0.717, 1.165) is 30.0 Å². The Kier molecular flexibility index (Phi) is 3.62. The summed E-state index contributed by atoms with van der Waals surface area (Å²) in [7, 11) is 0. The van der Waals surface area contributed by atoms with E-state index in [0.29, 0.717) is 0 Å². The van der Waals surface area contributed by atoms with Crippen molar-refractivity contribution in [2.75, 3.05) is 16.8 Å². The standard InChI is InChI=1S/C17H19N3O/c1-2-20(11-12-6-4-3-5-7-12)13-8-9-14-15(10-13)19-17(21)16(14)18/h3-10,16H,2,11,18H2,1H3,(H,19,21). The van der Waals surface area contributed by atoms with Crippen LogP contribution in [0.4, 0.5) is 11.4 Å². The van der Waals surface area contributed by atoms with Gasteiger partial charge in [0.2, 0.25) is 5.91 Å². The maximum Gasteiger partial charge on any atom is 0.245 e. The predicted molar refractivity (Wildman–Crippen MR) is 85.2 cm³/mol. The zero-order valence-electron chi connectivity index (χ0n) is 12.0. The minimum Gasteiger partial charge on any atom is -0.367 e. The fraction of sp³-hybridized carbons (Fsp3) is 0.235. The van der Waals surface area contributed by atoms with E-state index in [1.807, 2.05) is 36.4 Å². The number of hydrogen-bond donors (Lipinski definition) is 2. The van der Waals surface area contributed by atoms with Crippen LogP contribution in [0.2, 0.25) is 0 Å². The number of carbonyl (C=O) groups excluding carboxylic acids is 1. The smallest absolute Gasteiger partial charge is 0.245 e. The quantitative estimate of drug-likeness (QED) is 0.906. The van der Waals surface area contributed by atoms with Crippen molar-refractivity contribution in [2.24, 2.45) is 5.73 Å². The summed E-state index contributed by atoms with van der Waals surface area (Å²) in [6, 6.07) is 15.8. The topological polar surface area (TPSA) is 58.4 Å². The van der Waals surface area contributed by atoms with E-state index in [1.54, 1.807) is 0 Å². The Morgan fingerprint density at radius 2 is 1.95 bits per heavy atom. The molecule has 21 heavy (non-hydrogen) atoms. The number of nitrogens with two attached hydrogens (primary N) is 1. The van der Waals surface area contributed by atoms with Crippen molar-refractivity contribution in [1.29, 1.82) is 0 Å². The lowest BCUT2D eigenvalue weighted by molar-refractivity contribution is -0.116. The SMILES string of the molecule is CCN(Cc1ccccc1)c1ccc2c(c1)NC(=O)C2N. The molecule has 108 valence electrons. The Morgan fingerprint density at radius 1 is 1.19 bits per heavy atom. The number of carbonyl (C=O) groups is 1. The number of hydrogen-bond acceptors (Lipinski definition) is 3. The molecule has 4 heteroatoms. The molecule has 1 aliphatic rings. The summed E-state index contributed by atoms with van der Waals surface area (Å²) in [5.41, 5.74) is 9.91. The maximum absolute atomic E-state index is 11.6. The van der Waals surface area contributed by atoms with Crippen LogP contribution in [0.3, 0.4) is 0 Å². The van der Waals surface area contributed by atoms with Crippen LogP contribution >= 0.6 is 0 Å². The highest BCUT2D eigenvalue weighted by Crippen LogP contribution is 2.33. The molecule has 1 atom stereocenters. The summed E-state index contributed by atoms with van der Waals surface area (Å²) in [6.45, 7) is 3.87. The van der Waals surface area contributed by atoms with Crippen LogP contribution in [0.25, 0.3) is 0 Å². The third kappa shape index (κ3) is 2.62. The van der Waals surface area contributed by atoms with Crippen molar-refractivity contribution < 1.29 is 4.79 Å². The van der Waals surface area contributed by atoms with Gasteiger partial charge in [0.05, 0.1) is 0 Å². The van der Waals surface area contributed by atoms with Gasteiger partial charge in [-0.3, -0.25) is 4.79 Å². The second-order valence-corrected chi connectivity index (χ2v) is 5.24. The Labute approximate surface area is 124 Å². The minimum atomic E-state index is -0.543. The molecule has 0 aliphatic carbocycles. The summed E-state index contributed by atoms with van der Waals surface area (Å²) in [5.74, 6) is -0.131. The van der Waals surface area contributed by atoms with Crippen LogP contribution in [-0.2, 0) is 11.3 Å². The van der Waals surface area contributed by atoms with Gasteiger partial charge in [-0.05, 0) is 24.6 Å². The molecule has 3 rings (SSSR count). The molecule has 1 amide bonds. The number of anilines is 2. The number of amides is 1. The van der Waals surface area contributed by atoms with Gasteiger partial charge in [-0.25, -0.2) is 0 Å². The van der Waals surface area contributed by atoms with E-state index < -0.39 is 6.04 Å². The van der Waals surface area contributed by atoms with Crippen LogP contribution in [0, 0.1) is 0 Å². The van der Waals surface area contributed by atoms with Gasteiger partial charge in [0.15, 0.2) is 0 Å². The van der Waals surface area contributed by atoms with Crippen molar-refractivity contribution in [2.45, 2.75) is 19.5 Å². The molecule has 0 spiro atoms. The van der Waals surface area contributed by atoms with Gasteiger partial charge in [0, 0.05) is 30.0 Å². The second kappa shape index (κ2) is 5.58. The summed E-state index contributed by atoms with van der Waals surface area (Å²) in [4.78, 5) is 13.9. The van der Waals surface area contributed by atoms with Gasteiger partial charge in [-0.15, -0.1) is 0 Å². The zero-order valence-corrected chi connectivity index (χ0v) is 12.0. The van der Waals surface area contributed by atoms with Crippen LogP contribution in [-0.4, -0.2) is 12.5 Å². The minimum absolute atomic E-state index is 0.131. The number of benzene rings is 2. The van der Waals surface area contributed by atoms with E-state index in [-0.39, 0.29) is 5.91 Å². The zero-order chi connectivity index (χ0) is 14.8. The van der Waals surface area contributed by atoms with Crippen LogP contribution < -0.4 is 16.0 Å². The Morgan fingerprint density at radius 3 is 2.67 bits per heavy atom. The molecule has 4 nitrogen and oxygen atoms in total. The van der Waals surface area contributed by atoms with Gasteiger partial charge in [-0.2, -0.15) is 0 Å². The van der Waals surface area contributed by atoms with Gasteiger partial charge in [0.25, 0.3) is 0 Å². The summed E-state index contributed by atoms with van der Waals surface area (Å²) in [5, 5.41) is 2.84. The lowest BCUT2D eigenvalue weighted by Gasteiger charge is -2.24. The number of fused-ring (bicyclic) bond motifs is 1. The number of rotatable bonds is 4. The average Bonchev–Trinajstić information content (AvgIpc) is 2.80. The van der Waals surface area contributed by atoms with E-state index >= 15 is 0 Å². The van der Waals surface area contributed by atoms with Crippen LogP contribution in [0.5, 0.6) is 0 Å². The molecular formula is C17H19N3O. The molecule has 0 bridgehead atoms. The van der Waals surface area contributed by atoms with Crippen molar-refractivity contribution >= 4 is 17.3 Å². The fourth-order valence-electron chi connectivity index (χ4n) is 2.66. The average molecular weight is 281 g/mol. The Bertz CT molecular complexity index is 654. The highest BCUT2D eigenvalue weighted by atomic mass is 16.2. The van der Waals surface area contributed by atoms with E-state index in [4.69, 9.17) is 5.73 Å². The number of nitrogens with zero attached hydrogens (tertiary/aromatic N) is 1. The van der Waals surface area contributed by atoms with E-state index in [9.17, 15) is 4.79 Å². The first kappa shape index (κ1) is 13.6. The molecule has 2 aromatic rings. The third-order valence-electron chi connectivity index (χ3n) is 3.88. The van der Waals surface area contributed by atoms with Crippen molar-refractivity contribution in [3.63, 3.8) is 0 Å². The third-order valence-corrected chi connectivity index (χ3v) is 3.88. The summed E-state index contributed by atoms with van der Waals surface area (Å²) in [6.07, 6.45) is 0. The van der Waals surface area contributed by atoms with Gasteiger partial charge < -0.3 is 16.0 Å². The fourth-order valence-corrected chi connectivity index (χ4v) is 2.66. The molecule has 0 fully saturated rings. The predicted octanol–water partition coefficient (Wildman–Crippen LogP) is 2.67. The largest absolute Gasteiger partial charge is 0.367 e. The Hall–Kier alpha value is -2.33. The molecule has 0 saturated carbocycles. The molecule has 1 unspecified atom stereocenters. The van der Waals surface area contributed by atoms with E-state index in [2.05, 4.69) is 29.3 Å². The highest BCUT2D eigenvalue weighted by molar-refractivity contribution is 6.02. The van der Waals surface area contributed by atoms with Crippen LogP contribution in [0.15, 0.2) is 48.5 Å². The lowest BCUT2D eigenvalue weighted by Crippen LogP contribution is -2.22. The monoisotopic (exact) mass is 281 g/mol. The van der Waals surface area contributed by atoms with Crippen molar-refractivity contribution in [3.8, 4) is 0 Å². The van der Waals surface area contributed by atoms with Gasteiger partial charge in [-0.1, -0.05) is 36.4 Å². The molecule has 0 radical (unpaired) electrons. The molecule has 3 N–H and O–H groups in total. The number of nitrogens with one attached hydrogen (secondary N) is 1. The molecule has 0 aromatic heterocycles. The molecule has 1 aliphatic heterocycles. The van der Waals surface area contributed by atoms with Crippen LogP contribution in [0.1, 0.15) is 24.1 Å². The molecular weight excluding hydrogens is 262 g/mol. The normalized spacial score (nSPS) is 16.5. The van der Waals surface area contributed by atoms with Gasteiger partial charge >= 0.3 is 0 Å². The van der Waals surface area contributed by atoms with Gasteiger partial charge in [0.1, 0.15) is 6.04 Å². The van der Waals surface area contributed by atoms with E-state index in [1.165, 1.54) is 5.56 Å². The van der Waals surface area contributed by atoms with Crippen molar-refractivity contribution in [3.05, 3.63) is 59.7 Å². The highest BCUT2D eigenvalue weighted by Gasteiger charge is 2.27. The first-order chi connectivity index (χ1) is 10.2. The summed E-state index contributed by atoms with van der Waals surface area (Å²) >= 11 is 0. The molecule has 1 heterocycles. The summed E-state index contributed by atoms with van der Waals surface area (Å²) < 4.78 is 0. The van der Waals surface area contributed by atoms with Crippen molar-refractivity contribution in [1.82, 2.24) is 0 Å². The first-order valence-corrected chi connectivity index (χ1v) is 7.18. The molecule has 0 saturated heterocycles. The molecule has 2 aromatic carbocycles. The second-order valence-electron chi connectivity index (χ2n) is 5.24. The lowest BCUT2D eigenvalue weighted by atomic mass is 10.1. The Balaban J connectivity index is 1.86. The maximum atomic E-state index is 11.6. The first-order valence-electron chi connectivity index (χ1n) is 7.18.